The maximum Gasteiger partial charge on any atom is 0.242 e. The number of carbonyl (C=O) groups is 3. The van der Waals surface area contributed by atoms with Crippen LogP contribution in [0.4, 0.5) is 5.13 Å². The Kier molecular flexibility index (Phi) is 4.29. The number of fused-ring (bicyclic) bond motifs is 2. The standard InChI is InChI=1S/C19H26N4O3S/c1-18(2)13-4-5-19(18,3)16(26)23(15(13)25)12-14(24)21-7-9-22(10-8-21)17-20-6-11-27-17/h6,11,13H,4-5,7-10,12H2,1-3H3/t13-,19-/m1/s1. The van der Waals surface area contributed by atoms with Gasteiger partial charge in [-0.25, -0.2) is 4.98 Å². The largest absolute Gasteiger partial charge is 0.345 e. The summed E-state index contributed by atoms with van der Waals surface area (Å²) in [4.78, 5) is 48.2. The van der Waals surface area contributed by atoms with Gasteiger partial charge < -0.3 is 9.80 Å². The summed E-state index contributed by atoms with van der Waals surface area (Å²) in [5.74, 6) is -0.663. The van der Waals surface area contributed by atoms with Crippen molar-refractivity contribution in [3.05, 3.63) is 11.6 Å². The average molecular weight is 391 g/mol. The number of imide groups is 1. The summed E-state index contributed by atoms with van der Waals surface area (Å²) in [6.45, 7) is 8.45. The minimum absolute atomic E-state index is 0.128. The Balaban J connectivity index is 1.42. The fourth-order valence-electron chi connectivity index (χ4n) is 4.81. The zero-order valence-corrected chi connectivity index (χ0v) is 16.9. The normalized spacial score (nSPS) is 30.2. The summed E-state index contributed by atoms with van der Waals surface area (Å²) in [5, 5.41) is 2.91. The monoisotopic (exact) mass is 390 g/mol. The van der Waals surface area contributed by atoms with Crippen molar-refractivity contribution in [2.45, 2.75) is 33.6 Å². The number of hydrogen-bond acceptors (Lipinski definition) is 6. The first-order valence-corrected chi connectivity index (χ1v) is 10.4. The van der Waals surface area contributed by atoms with Crippen LogP contribution in [-0.4, -0.2) is 65.2 Å². The molecule has 0 unspecified atom stereocenters. The summed E-state index contributed by atoms with van der Waals surface area (Å²) in [6, 6.07) is 0. The fraction of sp³-hybridized carbons (Fsp3) is 0.684. The van der Waals surface area contributed by atoms with E-state index in [9.17, 15) is 14.4 Å². The Bertz CT molecular complexity index is 770. The lowest BCUT2D eigenvalue weighted by Gasteiger charge is -2.47. The van der Waals surface area contributed by atoms with Crippen LogP contribution in [-0.2, 0) is 14.4 Å². The van der Waals surface area contributed by atoms with Gasteiger partial charge in [0.25, 0.3) is 0 Å². The van der Waals surface area contributed by atoms with Gasteiger partial charge >= 0.3 is 0 Å². The van der Waals surface area contributed by atoms with Crippen LogP contribution in [0, 0.1) is 16.7 Å². The quantitative estimate of drug-likeness (QED) is 0.733. The van der Waals surface area contributed by atoms with Gasteiger partial charge in [-0.2, -0.15) is 0 Å². The summed E-state index contributed by atoms with van der Waals surface area (Å²) < 4.78 is 0. The van der Waals surface area contributed by atoms with Gasteiger partial charge in [0.1, 0.15) is 6.54 Å². The number of piperazine rings is 1. The molecule has 2 aliphatic heterocycles. The van der Waals surface area contributed by atoms with Crippen LogP contribution in [0.5, 0.6) is 0 Å². The number of carbonyl (C=O) groups excluding carboxylic acids is 3. The molecule has 3 heterocycles. The molecule has 1 aliphatic carbocycles. The van der Waals surface area contributed by atoms with E-state index < -0.39 is 5.41 Å². The SMILES string of the molecule is CC1(C)[C@@H]2CC[C@]1(C)C(=O)N(CC(=O)N1CCN(c3nccs3)CC1)C2=O. The van der Waals surface area contributed by atoms with Gasteiger partial charge in [-0.3, -0.25) is 19.3 Å². The highest BCUT2D eigenvalue weighted by Gasteiger charge is 2.64. The molecular weight excluding hydrogens is 364 g/mol. The molecule has 0 N–H and O–H groups in total. The van der Waals surface area contributed by atoms with Crippen molar-refractivity contribution in [2.24, 2.45) is 16.7 Å². The van der Waals surface area contributed by atoms with Gasteiger partial charge in [0.05, 0.1) is 5.41 Å². The Morgan fingerprint density at radius 3 is 2.56 bits per heavy atom. The average Bonchev–Trinajstić information content (AvgIpc) is 3.24. The first-order valence-electron chi connectivity index (χ1n) is 9.54. The topological polar surface area (TPSA) is 73.8 Å². The van der Waals surface area contributed by atoms with Gasteiger partial charge in [0, 0.05) is 43.7 Å². The van der Waals surface area contributed by atoms with E-state index in [4.69, 9.17) is 0 Å². The van der Waals surface area contributed by atoms with E-state index in [2.05, 4.69) is 9.88 Å². The number of anilines is 1. The Morgan fingerprint density at radius 2 is 1.93 bits per heavy atom. The molecule has 2 atom stereocenters. The lowest BCUT2D eigenvalue weighted by molar-refractivity contribution is -0.170. The van der Waals surface area contributed by atoms with Crippen molar-refractivity contribution < 1.29 is 14.4 Å². The van der Waals surface area contributed by atoms with E-state index in [-0.39, 0.29) is 35.6 Å². The molecule has 3 aliphatic rings. The van der Waals surface area contributed by atoms with Crippen molar-refractivity contribution >= 4 is 34.2 Å². The predicted molar refractivity (Wildman–Crippen MR) is 102 cm³/mol. The third-order valence-corrected chi connectivity index (χ3v) is 7.96. The lowest BCUT2D eigenvalue weighted by atomic mass is 9.62. The molecule has 4 rings (SSSR count). The molecule has 1 saturated carbocycles. The van der Waals surface area contributed by atoms with Gasteiger partial charge in [0.2, 0.25) is 17.7 Å². The summed E-state index contributed by atoms with van der Waals surface area (Å²) in [5.41, 5.74) is -0.907. The predicted octanol–water partition coefficient (Wildman–Crippen LogP) is 1.60. The van der Waals surface area contributed by atoms with Gasteiger partial charge in [-0.15, -0.1) is 11.3 Å². The van der Waals surface area contributed by atoms with Crippen LogP contribution >= 0.6 is 11.3 Å². The van der Waals surface area contributed by atoms with Crippen molar-refractivity contribution in [2.75, 3.05) is 37.6 Å². The van der Waals surface area contributed by atoms with Crippen molar-refractivity contribution in [1.82, 2.24) is 14.8 Å². The van der Waals surface area contributed by atoms with Crippen LogP contribution in [0.15, 0.2) is 11.6 Å². The van der Waals surface area contributed by atoms with Gasteiger partial charge in [-0.05, 0) is 18.3 Å². The molecule has 1 aromatic heterocycles. The minimum Gasteiger partial charge on any atom is -0.345 e. The molecule has 27 heavy (non-hydrogen) atoms. The summed E-state index contributed by atoms with van der Waals surface area (Å²) in [6.07, 6.45) is 3.22. The van der Waals surface area contributed by atoms with Gasteiger partial charge in [-0.1, -0.05) is 20.8 Å². The highest BCUT2D eigenvalue weighted by atomic mass is 32.1. The highest BCUT2D eigenvalue weighted by Crippen LogP contribution is 2.59. The molecule has 3 fully saturated rings. The fourth-order valence-corrected chi connectivity index (χ4v) is 5.50. The van der Waals surface area contributed by atoms with E-state index in [0.717, 1.165) is 11.6 Å². The number of amides is 3. The van der Waals surface area contributed by atoms with Crippen molar-refractivity contribution in [3.63, 3.8) is 0 Å². The van der Waals surface area contributed by atoms with Crippen molar-refractivity contribution in [3.8, 4) is 0 Å². The Morgan fingerprint density at radius 1 is 1.22 bits per heavy atom. The molecule has 8 heteroatoms. The molecule has 2 saturated heterocycles. The molecule has 7 nitrogen and oxygen atoms in total. The van der Waals surface area contributed by atoms with Crippen LogP contribution in [0.25, 0.3) is 0 Å². The second kappa shape index (κ2) is 6.29. The Hall–Kier alpha value is -1.96. The van der Waals surface area contributed by atoms with E-state index in [1.807, 2.05) is 26.2 Å². The molecule has 146 valence electrons. The highest BCUT2D eigenvalue weighted by molar-refractivity contribution is 7.13. The number of thiazole rings is 1. The number of nitrogens with zero attached hydrogens (tertiary/aromatic N) is 4. The number of rotatable bonds is 3. The van der Waals surface area contributed by atoms with Crippen LogP contribution < -0.4 is 4.90 Å². The van der Waals surface area contributed by atoms with E-state index in [1.165, 1.54) is 4.90 Å². The molecule has 3 amide bonds. The van der Waals surface area contributed by atoms with E-state index in [1.54, 1.807) is 22.4 Å². The summed E-state index contributed by atoms with van der Waals surface area (Å²) >= 11 is 1.59. The smallest absolute Gasteiger partial charge is 0.242 e. The van der Waals surface area contributed by atoms with Crippen molar-refractivity contribution in [1.29, 1.82) is 0 Å². The second-order valence-electron chi connectivity index (χ2n) is 8.56. The molecule has 0 radical (unpaired) electrons. The third-order valence-electron chi connectivity index (χ3n) is 7.12. The maximum atomic E-state index is 13.1. The zero-order chi connectivity index (χ0) is 19.4. The third kappa shape index (κ3) is 2.68. The van der Waals surface area contributed by atoms with Gasteiger partial charge in [0.15, 0.2) is 5.13 Å². The molecular formula is C19H26N4O3S. The number of piperidine rings is 1. The first-order chi connectivity index (χ1) is 12.8. The zero-order valence-electron chi connectivity index (χ0n) is 16.1. The van der Waals surface area contributed by atoms with Crippen LogP contribution in [0.2, 0.25) is 0 Å². The number of likely N-dealkylation sites (tertiary alicyclic amines) is 1. The second-order valence-corrected chi connectivity index (χ2v) is 9.43. The molecule has 2 bridgehead atoms. The Labute approximate surface area is 163 Å². The lowest BCUT2D eigenvalue weighted by Crippen LogP contribution is -2.61. The molecule has 0 spiro atoms. The number of hydrogen-bond donors (Lipinski definition) is 0. The van der Waals surface area contributed by atoms with Crippen LogP contribution in [0.1, 0.15) is 33.6 Å². The molecule has 0 aromatic carbocycles. The van der Waals surface area contributed by atoms with E-state index >= 15 is 0 Å². The number of aromatic nitrogens is 1. The summed E-state index contributed by atoms with van der Waals surface area (Å²) in [7, 11) is 0. The van der Waals surface area contributed by atoms with E-state index in [0.29, 0.717) is 32.6 Å². The van der Waals surface area contributed by atoms with Crippen LogP contribution in [0.3, 0.4) is 0 Å². The minimum atomic E-state index is -0.560. The maximum absolute atomic E-state index is 13.1. The molecule has 1 aromatic rings. The first kappa shape index (κ1) is 18.4.